The maximum absolute atomic E-state index is 12.2. The summed E-state index contributed by atoms with van der Waals surface area (Å²) in [6, 6.07) is 10.8. The molecule has 0 atom stereocenters. The highest BCUT2D eigenvalue weighted by atomic mass is 79.9. The Balaban J connectivity index is 1.50. The zero-order valence-electron chi connectivity index (χ0n) is 12.6. The van der Waals surface area contributed by atoms with Crippen LogP contribution in [0.5, 0.6) is 11.5 Å². The van der Waals surface area contributed by atoms with E-state index in [9.17, 15) is 4.79 Å². The molecule has 4 rings (SSSR count). The summed E-state index contributed by atoms with van der Waals surface area (Å²) in [6.07, 6.45) is 1.52. The van der Waals surface area contributed by atoms with E-state index >= 15 is 0 Å². The van der Waals surface area contributed by atoms with E-state index in [1.165, 1.54) is 6.21 Å². The normalized spacial score (nSPS) is 12.9. The van der Waals surface area contributed by atoms with E-state index in [4.69, 9.17) is 13.9 Å². The van der Waals surface area contributed by atoms with E-state index in [1.54, 1.807) is 24.3 Å². The van der Waals surface area contributed by atoms with Crippen LogP contribution < -0.4 is 14.9 Å². The van der Waals surface area contributed by atoms with Crippen molar-refractivity contribution in [1.82, 2.24) is 5.43 Å². The molecule has 2 aromatic carbocycles. The molecule has 0 spiro atoms. The lowest BCUT2D eigenvalue weighted by Crippen LogP contribution is -2.16. The summed E-state index contributed by atoms with van der Waals surface area (Å²) in [5, 5.41) is 4.81. The molecule has 1 aliphatic heterocycles. The molecule has 0 fully saturated rings. The second kappa shape index (κ2) is 6.53. The number of rotatable bonds is 3. The SMILES string of the molecule is O=C(N/N=C\c1cc2c(cc1Br)OCO2)c1cc2cc(Br)ccc2o1. The van der Waals surface area contributed by atoms with Crippen molar-refractivity contribution in [3.63, 3.8) is 0 Å². The Bertz CT molecular complexity index is 1010. The first kappa shape index (κ1) is 16.2. The van der Waals surface area contributed by atoms with Crippen molar-refractivity contribution in [3.8, 4) is 11.5 Å². The van der Waals surface area contributed by atoms with E-state index in [1.807, 2.05) is 12.1 Å². The Kier molecular flexibility index (Phi) is 4.22. The second-order valence-electron chi connectivity index (χ2n) is 5.22. The third kappa shape index (κ3) is 3.27. The Morgan fingerprint density at radius 3 is 2.76 bits per heavy atom. The minimum Gasteiger partial charge on any atom is -0.454 e. The van der Waals surface area contributed by atoms with E-state index in [0.29, 0.717) is 17.1 Å². The van der Waals surface area contributed by atoms with Gasteiger partial charge in [-0.3, -0.25) is 4.79 Å². The zero-order valence-corrected chi connectivity index (χ0v) is 15.8. The number of fused-ring (bicyclic) bond motifs is 2. The third-order valence-corrected chi connectivity index (χ3v) is 4.74. The van der Waals surface area contributed by atoms with Crippen LogP contribution in [0.1, 0.15) is 16.1 Å². The molecule has 6 nitrogen and oxygen atoms in total. The molecule has 0 saturated heterocycles. The van der Waals surface area contributed by atoms with Crippen molar-refractivity contribution in [3.05, 3.63) is 56.7 Å². The van der Waals surface area contributed by atoms with Crippen LogP contribution in [0.2, 0.25) is 0 Å². The largest absolute Gasteiger partial charge is 0.454 e. The van der Waals surface area contributed by atoms with Gasteiger partial charge in [0.25, 0.3) is 0 Å². The number of carbonyl (C=O) groups excluding carboxylic acids is 1. The van der Waals surface area contributed by atoms with Crippen molar-refractivity contribution < 1.29 is 18.7 Å². The summed E-state index contributed by atoms with van der Waals surface area (Å²) in [6.45, 7) is 0.196. The van der Waals surface area contributed by atoms with E-state index in [2.05, 4.69) is 42.4 Å². The molecule has 25 heavy (non-hydrogen) atoms. The van der Waals surface area contributed by atoms with Crippen molar-refractivity contribution in [2.75, 3.05) is 6.79 Å². The summed E-state index contributed by atoms with van der Waals surface area (Å²) in [5.74, 6) is 1.07. The van der Waals surface area contributed by atoms with Crippen LogP contribution >= 0.6 is 31.9 Å². The molecule has 1 N–H and O–H groups in total. The Morgan fingerprint density at radius 1 is 1.12 bits per heavy atom. The number of furan rings is 1. The van der Waals surface area contributed by atoms with Gasteiger partial charge in [0.1, 0.15) is 5.58 Å². The van der Waals surface area contributed by atoms with Gasteiger partial charge in [0.2, 0.25) is 6.79 Å². The predicted octanol–water partition coefficient (Wildman–Crippen LogP) is 4.45. The van der Waals surface area contributed by atoms with Crippen LogP contribution in [-0.2, 0) is 0 Å². The number of hydrogen-bond donors (Lipinski definition) is 1. The molecule has 0 unspecified atom stereocenters. The number of amides is 1. The molecular formula is C17H10Br2N2O4. The Labute approximate surface area is 159 Å². The van der Waals surface area contributed by atoms with Gasteiger partial charge in [-0.05, 0) is 52.3 Å². The maximum atomic E-state index is 12.2. The molecule has 3 aromatic rings. The number of nitrogens with one attached hydrogen (secondary N) is 1. The number of carbonyl (C=O) groups is 1. The minimum absolute atomic E-state index is 0.190. The molecule has 0 radical (unpaired) electrons. The highest BCUT2D eigenvalue weighted by Gasteiger charge is 2.16. The molecule has 8 heteroatoms. The summed E-state index contributed by atoms with van der Waals surface area (Å²) < 4.78 is 17.8. The van der Waals surface area contributed by atoms with Crippen LogP contribution in [0.4, 0.5) is 0 Å². The molecule has 0 saturated carbocycles. The fourth-order valence-electron chi connectivity index (χ4n) is 2.37. The van der Waals surface area contributed by atoms with Crippen LogP contribution in [0.25, 0.3) is 11.0 Å². The van der Waals surface area contributed by atoms with Gasteiger partial charge in [0.15, 0.2) is 17.3 Å². The highest BCUT2D eigenvalue weighted by molar-refractivity contribution is 9.10. The van der Waals surface area contributed by atoms with E-state index < -0.39 is 5.91 Å². The van der Waals surface area contributed by atoms with E-state index in [-0.39, 0.29) is 12.6 Å². The van der Waals surface area contributed by atoms with Crippen molar-refractivity contribution >= 4 is 55.0 Å². The lowest BCUT2D eigenvalue weighted by Gasteiger charge is -2.01. The quantitative estimate of drug-likeness (QED) is 0.458. The average molecular weight is 466 g/mol. The Hall–Kier alpha value is -2.32. The molecule has 1 amide bonds. The molecular weight excluding hydrogens is 456 g/mol. The molecule has 126 valence electrons. The molecule has 0 aliphatic carbocycles. The minimum atomic E-state index is -0.430. The number of benzene rings is 2. The van der Waals surface area contributed by atoms with Gasteiger partial charge >= 0.3 is 5.91 Å². The van der Waals surface area contributed by atoms with Gasteiger partial charge in [0, 0.05) is 19.9 Å². The monoisotopic (exact) mass is 464 g/mol. The number of nitrogens with zero attached hydrogens (tertiary/aromatic N) is 1. The summed E-state index contributed by atoms with van der Waals surface area (Å²) in [7, 11) is 0. The lowest BCUT2D eigenvalue weighted by atomic mass is 10.2. The first-order chi connectivity index (χ1) is 12.1. The summed E-state index contributed by atoms with van der Waals surface area (Å²) >= 11 is 6.81. The first-order valence-electron chi connectivity index (χ1n) is 7.22. The smallest absolute Gasteiger partial charge is 0.307 e. The van der Waals surface area contributed by atoms with Gasteiger partial charge in [-0.2, -0.15) is 5.10 Å². The Morgan fingerprint density at radius 2 is 1.92 bits per heavy atom. The van der Waals surface area contributed by atoms with Crippen LogP contribution in [0.15, 0.2) is 54.9 Å². The van der Waals surface area contributed by atoms with Gasteiger partial charge in [-0.15, -0.1) is 0 Å². The number of ether oxygens (including phenoxy) is 2. The maximum Gasteiger partial charge on any atom is 0.307 e. The second-order valence-corrected chi connectivity index (χ2v) is 6.99. The summed E-state index contributed by atoms with van der Waals surface area (Å²) in [4.78, 5) is 12.2. The highest BCUT2D eigenvalue weighted by Crippen LogP contribution is 2.36. The third-order valence-electron chi connectivity index (χ3n) is 3.56. The fraction of sp³-hybridized carbons (Fsp3) is 0.0588. The first-order valence-corrected chi connectivity index (χ1v) is 8.80. The fourth-order valence-corrected chi connectivity index (χ4v) is 3.18. The van der Waals surface area contributed by atoms with Crippen LogP contribution in [-0.4, -0.2) is 18.9 Å². The lowest BCUT2D eigenvalue weighted by molar-refractivity contribution is 0.0929. The topological polar surface area (TPSA) is 73.1 Å². The van der Waals surface area contributed by atoms with Gasteiger partial charge in [-0.25, -0.2) is 5.43 Å². The average Bonchev–Trinajstić information content (AvgIpc) is 3.20. The predicted molar refractivity (Wildman–Crippen MR) is 99.2 cm³/mol. The summed E-state index contributed by atoms with van der Waals surface area (Å²) in [5.41, 5.74) is 3.83. The number of hydrazone groups is 1. The standard InChI is InChI=1S/C17H10Br2N2O4/c18-11-1-2-13-9(3-11)4-16(25-13)17(22)21-20-7-10-5-14-15(6-12(10)19)24-8-23-14/h1-7H,8H2,(H,21,22)/b20-7-. The molecule has 0 bridgehead atoms. The van der Waals surface area contributed by atoms with E-state index in [0.717, 1.165) is 19.9 Å². The zero-order chi connectivity index (χ0) is 17.4. The van der Waals surface area contributed by atoms with Gasteiger partial charge in [0.05, 0.1) is 6.21 Å². The van der Waals surface area contributed by atoms with Crippen molar-refractivity contribution in [2.24, 2.45) is 5.10 Å². The van der Waals surface area contributed by atoms with Crippen molar-refractivity contribution in [1.29, 1.82) is 0 Å². The van der Waals surface area contributed by atoms with Crippen molar-refractivity contribution in [2.45, 2.75) is 0 Å². The van der Waals surface area contributed by atoms with Crippen LogP contribution in [0.3, 0.4) is 0 Å². The number of halogens is 2. The van der Waals surface area contributed by atoms with Gasteiger partial charge in [-0.1, -0.05) is 15.9 Å². The number of hydrogen-bond acceptors (Lipinski definition) is 5. The molecule has 1 aliphatic rings. The van der Waals surface area contributed by atoms with Crippen LogP contribution in [0, 0.1) is 0 Å². The molecule has 1 aromatic heterocycles. The molecule has 2 heterocycles. The van der Waals surface area contributed by atoms with Gasteiger partial charge < -0.3 is 13.9 Å².